The summed E-state index contributed by atoms with van der Waals surface area (Å²) >= 11 is 0. The van der Waals surface area contributed by atoms with Crippen LogP contribution in [0.3, 0.4) is 0 Å². The molecular formula is C19H15N3O3. The fraction of sp³-hybridized carbons (Fsp3) is 0.105. The number of fused-ring (bicyclic) bond motifs is 1. The highest BCUT2D eigenvalue weighted by molar-refractivity contribution is 5.83. The van der Waals surface area contributed by atoms with Crippen molar-refractivity contribution in [1.29, 1.82) is 0 Å². The normalized spacial score (nSPS) is 11.0. The maximum atomic E-state index is 12.4. The van der Waals surface area contributed by atoms with Crippen molar-refractivity contribution in [2.75, 3.05) is 7.11 Å². The first-order chi connectivity index (χ1) is 12.1. The number of rotatable bonds is 3. The lowest BCUT2D eigenvalue weighted by Crippen LogP contribution is -2.02. The van der Waals surface area contributed by atoms with Crippen molar-refractivity contribution in [2.24, 2.45) is 7.05 Å². The number of hydrogen-bond donors (Lipinski definition) is 0. The van der Waals surface area contributed by atoms with Crippen LogP contribution in [0, 0.1) is 0 Å². The van der Waals surface area contributed by atoms with Gasteiger partial charge in [0, 0.05) is 24.1 Å². The zero-order chi connectivity index (χ0) is 17.4. The molecule has 2 aromatic heterocycles. The predicted octanol–water partition coefficient (Wildman–Crippen LogP) is 3.26. The van der Waals surface area contributed by atoms with Gasteiger partial charge in [0.1, 0.15) is 17.0 Å². The molecular weight excluding hydrogens is 318 g/mol. The van der Waals surface area contributed by atoms with Crippen LogP contribution < -0.4 is 10.4 Å². The molecule has 124 valence electrons. The van der Waals surface area contributed by atoms with Gasteiger partial charge in [-0.05, 0) is 23.8 Å². The van der Waals surface area contributed by atoms with Gasteiger partial charge in [0.25, 0.3) is 0 Å². The standard InChI is InChI=1S/C19H15N3O3/c1-22-20-11-17(21-22)13-5-3-12(4-6-13)16-9-14-7-8-15(24-2)10-18(14)25-19(16)23/h3-11H,1-2H3. The Bertz CT molecular complexity index is 1110. The van der Waals surface area contributed by atoms with Crippen LogP contribution in [-0.4, -0.2) is 22.1 Å². The Hall–Kier alpha value is -3.41. The van der Waals surface area contributed by atoms with Gasteiger partial charge in [-0.15, -0.1) is 0 Å². The second-order valence-electron chi connectivity index (χ2n) is 5.65. The van der Waals surface area contributed by atoms with E-state index >= 15 is 0 Å². The van der Waals surface area contributed by atoms with E-state index in [2.05, 4.69) is 10.2 Å². The minimum atomic E-state index is -0.381. The Morgan fingerprint density at radius 2 is 1.80 bits per heavy atom. The monoisotopic (exact) mass is 333 g/mol. The minimum Gasteiger partial charge on any atom is -0.497 e. The molecule has 0 aliphatic heterocycles. The Kier molecular flexibility index (Phi) is 3.57. The molecule has 0 aliphatic rings. The molecule has 0 atom stereocenters. The fourth-order valence-corrected chi connectivity index (χ4v) is 2.72. The van der Waals surface area contributed by atoms with Crippen molar-refractivity contribution in [2.45, 2.75) is 0 Å². The van der Waals surface area contributed by atoms with Gasteiger partial charge >= 0.3 is 5.63 Å². The molecule has 2 aromatic carbocycles. The summed E-state index contributed by atoms with van der Waals surface area (Å²) in [5.74, 6) is 0.650. The van der Waals surface area contributed by atoms with Gasteiger partial charge in [0.2, 0.25) is 0 Å². The number of nitrogens with zero attached hydrogens (tertiary/aromatic N) is 3. The lowest BCUT2D eigenvalue weighted by Gasteiger charge is -2.05. The van der Waals surface area contributed by atoms with Crippen LogP contribution in [0.5, 0.6) is 5.75 Å². The molecule has 2 heterocycles. The molecule has 4 rings (SSSR count). The summed E-state index contributed by atoms with van der Waals surface area (Å²) in [4.78, 5) is 13.9. The zero-order valence-corrected chi connectivity index (χ0v) is 13.8. The lowest BCUT2D eigenvalue weighted by atomic mass is 10.0. The van der Waals surface area contributed by atoms with Crippen molar-refractivity contribution in [3.63, 3.8) is 0 Å². The number of hydrogen-bond acceptors (Lipinski definition) is 5. The summed E-state index contributed by atoms with van der Waals surface area (Å²) in [6, 6.07) is 14.8. The number of aryl methyl sites for hydroxylation is 1. The third kappa shape index (κ3) is 2.78. The average molecular weight is 333 g/mol. The molecule has 0 fully saturated rings. The third-order valence-corrected chi connectivity index (χ3v) is 4.03. The van der Waals surface area contributed by atoms with Crippen molar-refractivity contribution < 1.29 is 9.15 Å². The second kappa shape index (κ2) is 5.90. The van der Waals surface area contributed by atoms with E-state index in [0.29, 0.717) is 16.9 Å². The van der Waals surface area contributed by atoms with Crippen LogP contribution in [0.4, 0.5) is 0 Å². The van der Waals surface area contributed by atoms with E-state index in [9.17, 15) is 4.79 Å². The topological polar surface area (TPSA) is 70.2 Å². The lowest BCUT2D eigenvalue weighted by molar-refractivity contribution is 0.414. The van der Waals surface area contributed by atoms with Crippen molar-refractivity contribution >= 4 is 11.0 Å². The molecule has 4 aromatic rings. The Labute approximate surface area is 143 Å². The van der Waals surface area contributed by atoms with Gasteiger partial charge in [-0.2, -0.15) is 15.0 Å². The van der Waals surface area contributed by atoms with Crippen molar-refractivity contribution in [1.82, 2.24) is 15.0 Å². The van der Waals surface area contributed by atoms with E-state index in [1.54, 1.807) is 26.4 Å². The van der Waals surface area contributed by atoms with Gasteiger partial charge in [-0.3, -0.25) is 0 Å². The molecule has 0 bridgehead atoms. The molecule has 25 heavy (non-hydrogen) atoms. The van der Waals surface area contributed by atoms with Crippen LogP contribution in [0.25, 0.3) is 33.4 Å². The highest BCUT2D eigenvalue weighted by Crippen LogP contribution is 2.26. The maximum Gasteiger partial charge on any atom is 0.344 e. The number of ether oxygens (including phenoxy) is 1. The summed E-state index contributed by atoms with van der Waals surface area (Å²) in [6.45, 7) is 0. The molecule has 0 saturated heterocycles. The van der Waals surface area contributed by atoms with Crippen molar-refractivity contribution in [3.05, 3.63) is 65.1 Å². The average Bonchev–Trinajstić information content (AvgIpc) is 3.07. The predicted molar refractivity (Wildman–Crippen MR) is 94.5 cm³/mol. The van der Waals surface area contributed by atoms with Crippen LogP contribution in [-0.2, 0) is 7.05 Å². The quantitative estimate of drug-likeness (QED) is 0.538. The number of methoxy groups -OCH3 is 1. The van der Waals surface area contributed by atoms with Crippen LogP contribution >= 0.6 is 0 Å². The molecule has 6 heteroatoms. The summed E-state index contributed by atoms with van der Waals surface area (Å²) in [5, 5.41) is 9.18. The maximum absolute atomic E-state index is 12.4. The Balaban J connectivity index is 1.76. The first-order valence-electron chi connectivity index (χ1n) is 7.73. The number of benzene rings is 2. The smallest absolute Gasteiger partial charge is 0.344 e. The van der Waals surface area contributed by atoms with Gasteiger partial charge in [0.05, 0.1) is 18.9 Å². The zero-order valence-electron chi connectivity index (χ0n) is 13.8. The number of aromatic nitrogens is 3. The van der Waals surface area contributed by atoms with Gasteiger partial charge in [-0.25, -0.2) is 4.79 Å². The second-order valence-corrected chi connectivity index (χ2v) is 5.65. The van der Waals surface area contributed by atoms with Gasteiger partial charge in [0.15, 0.2) is 0 Å². The summed E-state index contributed by atoms with van der Waals surface area (Å²) < 4.78 is 10.6. The fourth-order valence-electron chi connectivity index (χ4n) is 2.72. The molecule has 6 nitrogen and oxygen atoms in total. The minimum absolute atomic E-state index is 0.381. The van der Waals surface area contributed by atoms with E-state index in [-0.39, 0.29) is 5.63 Å². The van der Waals surface area contributed by atoms with E-state index < -0.39 is 0 Å². The molecule has 0 N–H and O–H groups in total. The van der Waals surface area contributed by atoms with Gasteiger partial charge < -0.3 is 9.15 Å². The largest absolute Gasteiger partial charge is 0.497 e. The highest BCUT2D eigenvalue weighted by Gasteiger charge is 2.10. The Morgan fingerprint density at radius 3 is 2.48 bits per heavy atom. The van der Waals surface area contributed by atoms with E-state index in [1.165, 1.54) is 4.80 Å². The van der Waals surface area contributed by atoms with E-state index in [1.807, 2.05) is 42.5 Å². The van der Waals surface area contributed by atoms with Crippen LogP contribution in [0.2, 0.25) is 0 Å². The molecule has 0 amide bonds. The van der Waals surface area contributed by atoms with Crippen molar-refractivity contribution in [3.8, 4) is 28.1 Å². The van der Waals surface area contributed by atoms with E-state index in [0.717, 1.165) is 22.2 Å². The van der Waals surface area contributed by atoms with Crippen LogP contribution in [0.1, 0.15) is 0 Å². The molecule has 0 radical (unpaired) electrons. The molecule has 0 unspecified atom stereocenters. The van der Waals surface area contributed by atoms with Crippen LogP contribution in [0.15, 0.2) is 63.9 Å². The summed E-state index contributed by atoms with van der Waals surface area (Å²) in [5.41, 5.74) is 3.15. The van der Waals surface area contributed by atoms with Gasteiger partial charge in [-0.1, -0.05) is 24.3 Å². The SMILES string of the molecule is COc1ccc2cc(-c3ccc(-c4cnn(C)n4)cc3)c(=O)oc2c1. The van der Waals surface area contributed by atoms with E-state index in [4.69, 9.17) is 9.15 Å². The summed E-state index contributed by atoms with van der Waals surface area (Å²) in [7, 11) is 3.35. The third-order valence-electron chi connectivity index (χ3n) is 4.03. The molecule has 0 saturated carbocycles. The first-order valence-corrected chi connectivity index (χ1v) is 7.73. The molecule has 0 aliphatic carbocycles. The Morgan fingerprint density at radius 1 is 1.04 bits per heavy atom. The highest BCUT2D eigenvalue weighted by atomic mass is 16.5. The summed E-state index contributed by atoms with van der Waals surface area (Å²) in [6.07, 6.45) is 1.70. The molecule has 0 spiro atoms. The first kappa shape index (κ1) is 15.1.